The maximum atomic E-state index is 10.3. The molecule has 3 rings (SSSR count). The minimum absolute atomic E-state index is 0.294. The number of fused-ring (bicyclic) bond motifs is 1. The highest BCUT2D eigenvalue weighted by Crippen LogP contribution is 2.45. The quantitative estimate of drug-likeness (QED) is 0.876. The van der Waals surface area contributed by atoms with E-state index < -0.39 is 0 Å². The molecule has 2 heterocycles. The summed E-state index contributed by atoms with van der Waals surface area (Å²) in [5.41, 5.74) is 0.947. The minimum Gasteiger partial charge on any atom is -0.506 e. The molecule has 1 aromatic carbocycles. The molecule has 104 valence electrons. The van der Waals surface area contributed by atoms with Gasteiger partial charge in [0.2, 0.25) is 0 Å². The van der Waals surface area contributed by atoms with Crippen LogP contribution >= 0.6 is 15.9 Å². The Labute approximate surface area is 121 Å². The predicted octanol–water partition coefficient (Wildman–Crippen LogP) is 2.47. The number of halogens is 1. The van der Waals surface area contributed by atoms with Crippen LogP contribution in [0.3, 0.4) is 0 Å². The number of hydrogen-bond donors (Lipinski definition) is 2. The molecule has 2 aliphatic rings. The van der Waals surface area contributed by atoms with Crippen molar-refractivity contribution in [3.8, 4) is 17.2 Å². The fourth-order valence-corrected chi connectivity index (χ4v) is 3.30. The maximum absolute atomic E-state index is 10.3. The van der Waals surface area contributed by atoms with Gasteiger partial charge in [0.05, 0.1) is 0 Å². The molecule has 0 aromatic heterocycles. The van der Waals surface area contributed by atoms with Crippen LogP contribution in [0.2, 0.25) is 0 Å². The Morgan fingerprint density at radius 2 is 2.00 bits per heavy atom. The molecule has 5 heteroatoms. The first-order chi connectivity index (χ1) is 9.25. The van der Waals surface area contributed by atoms with Gasteiger partial charge in [-0.1, -0.05) is 0 Å². The molecule has 4 nitrogen and oxygen atoms in total. The second kappa shape index (κ2) is 5.59. The summed E-state index contributed by atoms with van der Waals surface area (Å²) in [5.74, 6) is 2.28. The van der Waals surface area contributed by atoms with Gasteiger partial charge in [-0.15, -0.1) is 0 Å². The van der Waals surface area contributed by atoms with Crippen LogP contribution in [-0.4, -0.2) is 31.4 Å². The molecule has 0 aliphatic carbocycles. The molecule has 0 unspecified atom stereocenters. The first kappa shape index (κ1) is 13.1. The van der Waals surface area contributed by atoms with Crippen LogP contribution < -0.4 is 14.8 Å². The summed E-state index contributed by atoms with van der Waals surface area (Å²) in [6.07, 6.45) is 3.21. The van der Waals surface area contributed by atoms with Crippen molar-refractivity contribution in [2.75, 3.05) is 26.3 Å². The standard InChI is InChI=1S/C14H18BrNO3/c15-12-13(17)10(7-9-1-3-16-4-2-9)8-11-14(12)19-6-5-18-11/h8-9,16-17H,1-7H2. The molecule has 1 saturated heterocycles. The molecular formula is C14H18BrNO3. The molecule has 0 spiro atoms. The summed E-state index contributed by atoms with van der Waals surface area (Å²) < 4.78 is 11.8. The van der Waals surface area contributed by atoms with Gasteiger partial charge in [-0.2, -0.15) is 0 Å². The number of piperidine rings is 1. The molecule has 0 atom stereocenters. The Hall–Kier alpha value is -0.940. The highest BCUT2D eigenvalue weighted by Gasteiger charge is 2.23. The van der Waals surface area contributed by atoms with Crippen molar-refractivity contribution in [3.05, 3.63) is 16.1 Å². The Bertz CT molecular complexity index is 472. The van der Waals surface area contributed by atoms with Crippen LogP contribution in [0.1, 0.15) is 18.4 Å². The summed E-state index contributed by atoms with van der Waals surface area (Å²) in [6.45, 7) is 3.23. The summed E-state index contributed by atoms with van der Waals surface area (Å²) in [7, 11) is 0. The van der Waals surface area contributed by atoms with Crippen molar-refractivity contribution in [1.29, 1.82) is 0 Å². The van der Waals surface area contributed by atoms with E-state index in [1.807, 2.05) is 6.07 Å². The van der Waals surface area contributed by atoms with E-state index in [1.54, 1.807) is 0 Å². The van der Waals surface area contributed by atoms with Gasteiger partial charge in [0, 0.05) is 0 Å². The third-order valence-electron chi connectivity index (χ3n) is 3.80. The van der Waals surface area contributed by atoms with E-state index >= 15 is 0 Å². The topological polar surface area (TPSA) is 50.7 Å². The maximum Gasteiger partial charge on any atom is 0.179 e. The Morgan fingerprint density at radius 3 is 2.79 bits per heavy atom. The fraction of sp³-hybridized carbons (Fsp3) is 0.571. The Kier molecular flexibility index (Phi) is 3.84. The second-order valence-corrected chi connectivity index (χ2v) is 5.91. The van der Waals surface area contributed by atoms with Gasteiger partial charge < -0.3 is 19.9 Å². The average Bonchev–Trinajstić information content (AvgIpc) is 2.46. The SMILES string of the molecule is Oc1c(CC2CCNCC2)cc2c(c1Br)OCCO2. The Morgan fingerprint density at radius 1 is 1.26 bits per heavy atom. The number of hydrogen-bond acceptors (Lipinski definition) is 4. The van der Waals surface area contributed by atoms with Gasteiger partial charge >= 0.3 is 0 Å². The molecule has 0 saturated carbocycles. The normalized spacial score (nSPS) is 19.4. The lowest BCUT2D eigenvalue weighted by Gasteiger charge is -2.25. The monoisotopic (exact) mass is 327 g/mol. The van der Waals surface area contributed by atoms with Crippen molar-refractivity contribution in [3.63, 3.8) is 0 Å². The van der Waals surface area contributed by atoms with Crippen molar-refractivity contribution in [2.24, 2.45) is 5.92 Å². The smallest absolute Gasteiger partial charge is 0.179 e. The van der Waals surface area contributed by atoms with E-state index in [2.05, 4.69) is 21.2 Å². The van der Waals surface area contributed by atoms with Crippen LogP contribution in [0, 0.1) is 5.92 Å². The fourth-order valence-electron chi connectivity index (χ4n) is 2.74. The molecule has 1 aromatic rings. The van der Waals surface area contributed by atoms with Gasteiger partial charge in [0.25, 0.3) is 0 Å². The zero-order chi connectivity index (χ0) is 13.2. The zero-order valence-corrected chi connectivity index (χ0v) is 12.3. The van der Waals surface area contributed by atoms with Gasteiger partial charge in [0.15, 0.2) is 11.5 Å². The van der Waals surface area contributed by atoms with Crippen molar-refractivity contribution in [1.82, 2.24) is 5.32 Å². The summed E-state index contributed by atoms with van der Waals surface area (Å²) in [6, 6.07) is 1.93. The lowest BCUT2D eigenvalue weighted by atomic mass is 9.90. The van der Waals surface area contributed by atoms with E-state index in [0.717, 1.165) is 43.7 Å². The molecule has 0 radical (unpaired) electrons. The molecule has 19 heavy (non-hydrogen) atoms. The number of rotatable bonds is 2. The van der Waals surface area contributed by atoms with Crippen LogP contribution in [0.5, 0.6) is 17.2 Å². The van der Waals surface area contributed by atoms with Crippen LogP contribution in [-0.2, 0) is 6.42 Å². The van der Waals surface area contributed by atoms with Crippen molar-refractivity contribution in [2.45, 2.75) is 19.3 Å². The van der Waals surface area contributed by atoms with E-state index in [1.165, 1.54) is 0 Å². The first-order valence-corrected chi connectivity index (χ1v) is 7.55. The molecular weight excluding hydrogens is 310 g/mol. The second-order valence-electron chi connectivity index (χ2n) is 5.12. The number of ether oxygens (including phenoxy) is 2. The summed E-state index contributed by atoms with van der Waals surface area (Å²) in [5, 5.41) is 13.6. The van der Waals surface area contributed by atoms with E-state index in [9.17, 15) is 5.11 Å². The molecule has 2 aliphatic heterocycles. The lowest BCUT2D eigenvalue weighted by molar-refractivity contribution is 0.169. The van der Waals surface area contributed by atoms with Crippen molar-refractivity contribution < 1.29 is 14.6 Å². The van der Waals surface area contributed by atoms with Gasteiger partial charge in [-0.3, -0.25) is 0 Å². The number of phenols is 1. The average molecular weight is 328 g/mol. The largest absolute Gasteiger partial charge is 0.506 e. The number of phenolic OH excluding ortho intramolecular Hbond substituents is 1. The molecule has 1 fully saturated rings. The zero-order valence-electron chi connectivity index (χ0n) is 10.7. The predicted molar refractivity (Wildman–Crippen MR) is 76.1 cm³/mol. The molecule has 0 bridgehead atoms. The molecule has 0 amide bonds. The highest BCUT2D eigenvalue weighted by atomic mass is 79.9. The molecule has 2 N–H and O–H groups in total. The van der Waals surface area contributed by atoms with Crippen LogP contribution in [0.15, 0.2) is 10.5 Å². The Balaban J connectivity index is 1.86. The van der Waals surface area contributed by atoms with E-state index in [0.29, 0.717) is 35.1 Å². The summed E-state index contributed by atoms with van der Waals surface area (Å²) in [4.78, 5) is 0. The van der Waals surface area contributed by atoms with Gasteiger partial charge in [-0.05, 0) is 65.8 Å². The highest BCUT2D eigenvalue weighted by molar-refractivity contribution is 9.10. The van der Waals surface area contributed by atoms with Gasteiger partial charge in [-0.25, -0.2) is 0 Å². The minimum atomic E-state index is 0.294. The van der Waals surface area contributed by atoms with E-state index in [4.69, 9.17) is 9.47 Å². The van der Waals surface area contributed by atoms with E-state index in [-0.39, 0.29) is 0 Å². The lowest BCUT2D eigenvalue weighted by Crippen LogP contribution is -2.28. The van der Waals surface area contributed by atoms with Gasteiger partial charge in [0.1, 0.15) is 23.4 Å². The van der Waals surface area contributed by atoms with Crippen molar-refractivity contribution >= 4 is 15.9 Å². The van der Waals surface area contributed by atoms with Crippen LogP contribution in [0.4, 0.5) is 0 Å². The number of nitrogens with one attached hydrogen (secondary N) is 1. The number of aromatic hydroxyl groups is 1. The number of benzene rings is 1. The summed E-state index contributed by atoms with van der Waals surface area (Å²) >= 11 is 3.41. The third kappa shape index (κ3) is 2.67. The third-order valence-corrected chi connectivity index (χ3v) is 4.53. The van der Waals surface area contributed by atoms with Crippen LogP contribution in [0.25, 0.3) is 0 Å². The first-order valence-electron chi connectivity index (χ1n) is 6.76.